The fourth-order valence-electron chi connectivity index (χ4n) is 3.17. The standard InChI is InChI=1S/C20H25N3O3S/c1-15(2)21-20-9-8-19(14-16(20)3)27(25,26)23-12-10-22(11-13-23)17-4-6-18(24)7-5-17/h4-9,14,21,24H,1,10-13H2,2-3H3. The molecule has 0 radical (unpaired) electrons. The second kappa shape index (κ2) is 7.62. The van der Waals surface area contributed by atoms with E-state index in [1.165, 1.54) is 4.31 Å². The van der Waals surface area contributed by atoms with Crippen molar-refractivity contribution in [3.05, 3.63) is 60.3 Å². The summed E-state index contributed by atoms with van der Waals surface area (Å²) in [5, 5.41) is 12.5. The van der Waals surface area contributed by atoms with Crippen molar-refractivity contribution in [1.29, 1.82) is 0 Å². The first kappa shape index (κ1) is 19.3. The molecule has 3 rings (SSSR count). The van der Waals surface area contributed by atoms with Crippen LogP contribution in [-0.2, 0) is 10.0 Å². The summed E-state index contributed by atoms with van der Waals surface area (Å²) in [6, 6.07) is 12.1. The number of nitrogens with one attached hydrogen (secondary N) is 1. The SMILES string of the molecule is C=C(C)Nc1ccc(S(=O)(=O)N2CCN(c3ccc(O)cc3)CC2)cc1C. The molecule has 1 saturated heterocycles. The monoisotopic (exact) mass is 387 g/mol. The van der Waals surface area contributed by atoms with Gasteiger partial charge in [-0.1, -0.05) is 6.58 Å². The van der Waals surface area contributed by atoms with Crippen molar-refractivity contribution in [3.8, 4) is 5.75 Å². The van der Waals surface area contributed by atoms with E-state index < -0.39 is 10.0 Å². The third-order valence-electron chi connectivity index (χ3n) is 4.64. The summed E-state index contributed by atoms with van der Waals surface area (Å²) < 4.78 is 27.5. The Morgan fingerprint density at radius 2 is 1.70 bits per heavy atom. The Balaban J connectivity index is 1.72. The molecular weight excluding hydrogens is 362 g/mol. The predicted octanol–water partition coefficient (Wildman–Crippen LogP) is 3.16. The van der Waals surface area contributed by atoms with Gasteiger partial charge in [0, 0.05) is 43.3 Å². The molecule has 7 heteroatoms. The van der Waals surface area contributed by atoms with E-state index in [1.54, 1.807) is 30.3 Å². The van der Waals surface area contributed by atoms with Crippen LogP contribution in [0.15, 0.2) is 59.6 Å². The van der Waals surface area contributed by atoms with Crippen molar-refractivity contribution >= 4 is 21.4 Å². The van der Waals surface area contributed by atoms with Crippen molar-refractivity contribution in [2.45, 2.75) is 18.7 Å². The summed E-state index contributed by atoms with van der Waals surface area (Å²) in [5.41, 5.74) is 3.51. The van der Waals surface area contributed by atoms with Crippen molar-refractivity contribution < 1.29 is 13.5 Å². The molecule has 2 N–H and O–H groups in total. The lowest BCUT2D eigenvalue weighted by Crippen LogP contribution is -2.48. The van der Waals surface area contributed by atoms with E-state index in [1.807, 2.05) is 26.0 Å². The van der Waals surface area contributed by atoms with Crippen LogP contribution in [0, 0.1) is 6.92 Å². The number of phenols is 1. The minimum Gasteiger partial charge on any atom is -0.508 e. The number of nitrogens with zero attached hydrogens (tertiary/aromatic N) is 2. The van der Waals surface area contributed by atoms with Gasteiger partial charge in [0.25, 0.3) is 0 Å². The molecular formula is C20H25N3O3S. The molecule has 2 aromatic rings. The Morgan fingerprint density at radius 1 is 1.07 bits per heavy atom. The largest absolute Gasteiger partial charge is 0.508 e. The molecule has 0 amide bonds. The van der Waals surface area contributed by atoms with Gasteiger partial charge < -0.3 is 15.3 Å². The summed E-state index contributed by atoms with van der Waals surface area (Å²) >= 11 is 0. The van der Waals surface area contributed by atoms with Crippen LogP contribution in [0.2, 0.25) is 0 Å². The first-order valence-corrected chi connectivity index (χ1v) is 10.3. The Bertz CT molecular complexity index is 931. The van der Waals surface area contributed by atoms with Crippen molar-refractivity contribution in [2.24, 2.45) is 0 Å². The van der Waals surface area contributed by atoms with Gasteiger partial charge in [0.1, 0.15) is 5.75 Å². The first-order valence-electron chi connectivity index (χ1n) is 8.85. The number of phenolic OH excluding ortho intramolecular Hbond substituents is 1. The summed E-state index contributed by atoms with van der Waals surface area (Å²) in [7, 11) is -3.53. The van der Waals surface area contributed by atoms with Crippen molar-refractivity contribution in [1.82, 2.24) is 4.31 Å². The number of rotatable bonds is 5. The van der Waals surface area contributed by atoms with Crippen LogP contribution in [0.5, 0.6) is 5.75 Å². The number of hydrogen-bond acceptors (Lipinski definition) is 5. The molecule has 0 saturated carbocycles. The molecule has 27 heavy (non-hydrogen) atoms. The van der Waals surface area contributed by atoms with Crippen LogP contribution in [0.25, 0.3) is 0 Å². The number of anilines is 2. The normalized spacial score (nSPS) is 15.6. The van der Waals surface area contributed by atoms with Gasteiger partial charge in [-0.05, 0) is 61.9 Å². The smallest absolute Gasteiger partial charge is 0.243 e. The third kappa shape index (κ3) is 4.26. The molecule has 0 aromatic heterocycles. The van der Waals surface area contributed by atoms with Crippen LogP contribution in [0.4, 0.5) is 11.4 Å². The second-order valence-electron chi connectivity index (χ2n) is 6.79. The summed E-state index contributed by atoms with van der Waals surface area (Å²) in [6.45, 7) is 9.63. The van der Waals surface area contributed by atoms with Crippen LogP contribution >= 0.6 is 0 Å². The van der Waals surface area contributed by atoms with Gasteiger partial charge in [-0.25, -0.2) is 8.42 Å². The molecule has 0 unspecified atom stereocenters. The molecule has 1 aliphatic heterocycles. The maximum Gasteiger partial charge on any atom is 0.243 e. The van der Waals surface area contributed by atoms with Gasteiger partial charge in [-0.3, -0.25) is 0 Å². The van der Waals surface area contributed by atoms with Gasteiger partial charge in [0.05, 0.1) is 4.90 Å². The van der Waals surface area contributed by atoms with E-state index in [0.717, 1.165) is 22.6 Å². The number of aryl methyl sites for hydroxylation is 1. The Hall–Kier alpha value is -2.51. The summed E-state index contributed by atoms with van der Waals surface area (Å²) in [6.07, 6.45) is 0. The summed E-state index contributed by atoms with van der Waals surface area (Å²) in [4.78, 5) is 2.43. The Kier molecular flexibility index (Phi) is 5.43. The molecule has 0 atom stereocenters. The zero-order chi connectivity index (χ0) is 19.6. The Morgan fingerprint density at radius 3 is 2.26 bits per heavy atom. The number of piperazine rings is 1. The lowest BCUT2D eigenvalue weighted by Gasteiger charge is -2.35. The van der Waals surface area contributed by atoms with E-state index in [-0.39, 0.29) is 5.75 Å². The first-order chi connectivity index (χ1) is 12.8. The van der Waals surface area contributed by atoms with Crippen LogP contribution in [0.3, 0.4) is 0 Å². The molecule has 0 aliphatic carbocycles. The molecule has 1 aliphatic rings. The number of hydrogen-bond donors (Lipinski definition) is 2. The maximum absolute atomic E-state index is 13.0. The molecule has 0 spiro atoms. The maximum atomic E-state index is 13.0. The topological polar surface area (TPSA) is 72.9 Å². The Labute approximate surface area is 160 Å². The van der Waals surface area contributed by atoms with E-state index in [0.29, 0.717) is 31.1 Å². The average molecular weight is 388 g/mol. The van der Waals surface area contributed by atoms with Crippen molar-refractivity contribution in [3.63, 3.8) is 0 Å². The number of aromatic hydroxyl groups is 1. The molecule has 1 heterocycles. The van der Waals surface area contributed by atoms with E-state index in [9.17, 15) is 13.5 Å². The lowest BCUT2D eigenvalue weighted by molar-refractivity contribution is 0.385. The lowest BCUT2D eigenvalue weighted by atomic mass is 10.2. The van der Waals surface area contributed by atoms with E-state index in [2.05, 4.69) is 16.8 Å². The molecule has 144 valence electrons. The fraction of sp³-hybridized carbons (Fsp3) is 0.300. The highest BCUT2D eigenvalue weighted by atomic mass is 32.2. The average Bonchev–Trinajstić information content (AvgIpc) is 2.64. The van der Waals surface area contributed by atoms with Gasteiger partial charge in [-0.2, -0.15) is 4.31 Å². The zero-order valence-corrected chi connectivity index (χ0v) is 16.5. The quantitative estimate of drug-likeness (QED) is 0.825. The van der Waals surface area contributed by atoms with Crippen LogP contribution in [-0.4, -0.2) is 44.0 Å². The predicted molar refractivity (Wildman–Crippen MR) is 109 cm³/mol. The number of sulfonamides is 1. The van der Waals surface area contributed by atoms with Gasteiger partial charge >= 0.3 is 0 Å². The minimum absolute atomic E-state index is 0.222. The highest BCUT2D eigenvalue weighted by molar-refractivity contribution is 7.89. The van der Waals surface area contributed by atoms with E-state index >= 15 is 0 Å². The number of benzene rings is 2. The van der Waals surface area contributed by atoms with E-state index in [4.69, 9.17) is 0 Å². The van der Waals surface area contributed by atoms with Crippen LogP contribution in [0.1, 0.15) is 12.5 Å². The molecule has 6 nitrogen and oxygen atoms in total. The second-order valence-corrected chi connectivity index (χ2v) is 8.73. The van der Waals surface area contributed by atoms with Gasteiger partial charge in [0.15, 0.2) is 0 Å². The van der Waals surface area contributed by atoms with Gasteiger partial charge in [0.2, 0.25) is 10.0 Å². The zero-order valence-electron chi connectivity index (χ0n) is 15.6. The van der Waals surface area contributed by atoms with Crippen LogP contribution < -0.4 is 10.2 Å². The number of allylic oxidation sites excluding steroid dienone is 1. The highest BCUT2D eigenvalue weighted by Gasteiger charge is 2.28. The highest BCUT2D eigenvalue weighted by Crippen LogP contribution is 2.25. The molecule has 2 aromatic carbocycles. The minimum atomic E-state index is -3.53. The third-order valence-corrected chi connectivity index (χ3v) is 6.53. The molecule has 1 fully saturated rings. The van der Waals surface area contributed by atoms with Gasteiger partial charge in [-0.15, -0.1) is 0 Å². The fourth-order valence-corrected chi connectivity index (χ4v) is 4.67. The van der Waals surface area contributed by atoms with Crippen molar-refractivity contribution in [2.75, 3.05) is 36.4 Å². The summed E-state index contributed by atoms with van der Waals surface area (Å²) in [5.74, 6) is 0.222. The molecule has 0 bridgehead atoms.